The molecule has 0 saturated carbocycles. The summed E-state index contributed by atoms with van der Waals surface area (Å²) < 4.78 is 6.07. The summed E-state index contributed by atoms with van der Waals surface area (Å²) in [6, 6.07) is 10.1. The van der Waals surface area contributed by atoms with Gasteiger partial charge in [0.2, 0.25) is 0 Å². The second-order valence-corrected chi connectivity index (χ2v) is 7.17. The van der Waals surface area contributed by atoms with Gasteiger partial charge in [-0.1, -0.05) is 40.6 Å². The summed E-state index contributed by atoms with van der Waals surface area (Å²) in [6.07, 6.45) is 0. The van der Waals surface area contributed by atoms with Crippen LogP contribution in [0.15, 0.2) is 36.4 Å². The number of ether oxygens (including phenoxy) is 1. The average Bonchev–Trinajstić information content (AvgIpc) is 2.94. The van der Waals surface area contributed by atoms with E-state index in [1.807, 2.05) is 0 Å². The number of hydrogen-bond acceptors (Lipinski definition) is 5. The summed E-state index contributed by atoms with van der Waals surface area (Å²) in [7, 11) is 1.55. The van der Waals surface area contributed by atoms with Gasteiger partial charge in [-0.15, -0.1) is 0 Å². The highest BCUT2D eigenvalue weighted by Gasteiger charge is 2.12. The van der Waals surface area contributed by atoms with Gasteiger partial charge in [0.1, 0.15) is 5.75 Å². The fourth-order valence-electron chi connectivity index (χ4n) is 2.07. The van der Waals surface area contributed by atoms with Gasteiger partial charge < -0.3 is 10.1 Å². The van der Waals surface area contributed by atoms with Crippen LogP contribution in [0, 0.1) is 0 Å². The van der Waals surface area contributed by atoms with E-state index in [9.17, 15) is 4.79 Å². The zero-order chi connectivity index (χ0) is 18.0. The van der Waals surface area contributed by atoms with Gasteiger partial charge >= 0.3 is 0 Å². The van der Waals surface area contributed by atoms with Gasteiger partial charge in [0.25, 0.3) is 5.91 Å². The second kappa shape index (κ2) is 7.53. The molecule has 128 valence electrons. The molecule has 0 radical (unpaired) electrons. The van der Waals surface area contributed by atoms with Crippen LogP contribution in [0.25, 0.3) is 10.2 Å². The number of halogens is 2. The topological polar surface area (TPSA) is 63.2 Å². The molecule has 1 aromatic heterocycles. The van der Waals surface area contributed by atoms with Gasteiger partial charge in [0.05, 0.1) is 22.3 Å². The third-order valence-corrected chi connectivity index (χ3v) is 4.86. The largest absolute Gasteiger partial charge is 0.495 e. The maximum atomic E-state index is 12.1. The molecule has 0 atom stereocenters. The number of thiocarbonyl (C=S) groups is 1. The second-order valence-electron chi connectivity index (χ2n) is 4.89. The van der Waals surface area contributed by atoms with E-state index in [-0.39, 0.29) is 11.0 Å². The Morgan fingerprint density at radius 3 is 2.80 bits per heavy atom. The van der Waals surface area contributed by atoms with E-state index in [2.05, 4.69) is 15.6 Å². The van der Waals surface area contributed by atoms with Crippen molar-refractivity contribution < 1.29 is 9.53 Å². The number of nitrogens with one attached hydrogen (secondary N) is 2. The number of rotatable bonds is 3. The SMILES string of the molecule is COc1cc2sc(NC(=S)NC(=O)c3cccc(Cl)c3)nc2cc1Cl. The van der Waals surface area contributed by atoms with Crippen LogP contribution in [-0.4, -0.2) is 23.1 Å². The number of nitrogens with zero attached hydrogens (tertiary/aromatic N) is 1. The quantitative estimate of drug-likeness (QED) is 0.609. The van der Waals surface area contributed by atoms with Crippen molar-refractivity contribution in [3.63, 3.8) is 0 Å². The third-order valence-electron chi connectivity index (χ3n) is 3.20. The molecule has 9 heteroatoms. The number of thiazole rings is 1. The van der Waals surface area contributed by atoms with Gasteiger partial charge in [-0.2, -0.15) is 0 Å². The zero-order valence-electron chi connectivity index (χ0n) is 12.8. The molecule has 1 amide bonds. The van der Waals surface area contributed by atoms with E-state index < -0.39 is 0 Å². The number of methoxy groups -OCH3 is 1. The van der Waals surface area contributed by atoms with Gasteiger partial charge in [0.15, 0.2) is 10.2 Å². The van der Waals surface area contributed by atoms with E-state index in [0.29, 0.717) is 32.0 Å². The molecule has 0 unspecified atom stereocenters. The molecular weight excluding hydrogens is 401 g/mol. The Kier molecular flexibility index (Phi) is 5.39. The lowest BCUT2D eigenvalue weighted by molar-refractivity contribution is 0.0977. The minimum Gasteiger partial charge on any atom is -0.495 e. The standard InChI is InChI=1S/C16H11Cl2N3O2S2/c1-23-12-7-13-11(6-10(12)18)19-16(25-13)21-15(24)20-14(22)8-3-2-4-9(17)5-8/h2-7H,1H3,(H2,19,20,21,22,24). The Bertz CT molecular complexity index is 975. The van der Waals surface area contributed by atoms with Crippen LogP contribution in [-0.2, 0) is 0 Å². The maximum absolute atomic E-state index is 12.1. The first-order chi connectivity index (χ1) is 12.0. The number of aromatic nitrogens is 1. The summed E-state index contributed by atoms with van der Waals surface area (Å²) in [5, 5.41) is 7.11. The number of benzene rings is 2. The van der Waals surface area contributed by atoms with Gasteiger partial charge in [0, 0.05) is 16.7 Å². The van der Waals surface area contributed by atoms with E-state index in [1.165, 1.54) is 11.3 Å². The van der Waals surface area contributed by atoms with E-state index in [4.69, 9.17) is 40.2 Å². The number of amides is 1. The number of carbonyl (C=O) groups excluding carboxylic acids is 1. The molecule has 0 aliphatic carbocycles. The van der Waals surface area contributed by atoms with Gasteiger partial charge in [-0.05, 0) is 36.5 Å². The van der Waals surface area contributed by atoms with Crippen molar-refractivity contribution in [1.29, 1.82) is 0 Å². The highest BCUT2D eigenvalue weighted by Crippen LogP contribution is 2.34. The van der Waals surface area contributed by atoms with Crippen molar-refractivity contribution in [2.45, 2.75) is 0 Å². The molecule has 3 rings (SSSR count). The molecule has 0 fully saturated rings. The van der Waals surface area contributed by atoms with E-state index in [0.717, 1.165) is 4.70 Å². The smallest absolute Gasteiger partial charge is 0.257 e. The van der Waals surface area contributed by atoms with E-state index in [1.54, 1.807) is 43.5 Å². The normalized spacial score (nSPS) is 10.5. The fourth-order valence-corrected chi connectivity index (χ4v) is 3.63. The molecule has 0 spiro atoms. The van der Waals surface area contributed by atoms with Crippen molar-refractivity contribution in [2.24, 2.45) is 0 Å². The molecule has 1 heterocycles. The molecular formula is C16H11Cl2N3O2S2. The monoisotopic (exact) mass is 411 g/mol. The summed E-state index contributed by atoms with van der Waals surface area (Å²) in [5.74, 6) is 0.215. The summed E-state index contributed by atoms with van der Waals surface area (Å²) >= 11 is 18.5. The lowest BCUT2D eigenvalue weighted by Gasteiger charge is -2.07. The van der Waals surface area contributed by atoms with Crippen LogP contribution >= 0.6 is 46.8 Å². The van der Waals surface area contributed by atoms with Crippen LogP contribution in [0.4, 0.5) is 5.13 Å². The highest BCUT2D eigenvalue weighted by molar-refractivity contribution is 7.80. The molecule has 5 nitrogen and oxygen atoms in total. The van der Waals surface area contributed by atoms with E-state index >= 15 is 0 Å². The Morgan fingerprint density at radius 1 is 1.28 bits per heavy atom. The predicted octanol–water partition coefficient (Wildman–Crippen LogP) is 4.74. The fraction of sp³-hybridized carbons (Fsp3) is 0.0625. The lowest BCUT2D eigenvalue weighted by Crippen LogP contribution is -2.34. The van der Waals surface area contributed by atoms with Gasteiger partial charge in [-0.3, -0.25) is 10.1 Å². The molecule has 0 saturated heterocycles. The van der Waals surface area contributed by atoms with Crippen LogP contribution < -0.4 is 15.4 Å². The van der Waals surface area contributed by atoms with Crippen LogP contribution in [0.1, 0.15) is 10.4 Å². The molecule has 2 aromatic carbocycles. The van der Waals surface area contributed by atoms with Crippen molar-refractivity contribution in [3.8, 4) is 5.75 Å². The van der Waals surface area contributed by atoms with Crippen LogP contribution in [0.2, 0.25) is 10.0 Å². The molecule has 0 bridgehead atoms. The molecule has 25 heavy (non-hydrogen) atoms. The summed E-state index contributed by atoms with van der Waals surface area (Å²) in [6.45, 7) is 0. The highest BCUT2D eigenvalue weighted by atomic mass is 35.5. The van der Waals surface area contributed by atoms with Crippen molar-refractivity contribution in [3.05, 3.63) is 52.0 Å². The predicted molar refractivity (Wildman–Crippen MR) is 106 cm³/mol. The van der Waals surface area contributed by atoms with Crippen LogP contribution in [0.5, 0.6) is 5.75 Å². The lowest BCUT2D eigenvalue weighted by atomic mass is 10.2. The molecule has 2 N–H and O–H groups in total. The number of hydrogen-bond donors (Lipinski definition) is 2. The minimum absolute atomic E-state index is 0.141. The first-order valence-electron chi connectivity index (χ1n) is 6.98. The van der Waals surface area contributed by atoms with Crippen molar-refractivity contribution in [2.75, 3.05) is 12.4 Å². The Balaban J connectivity index is 1.72. The summed E-state index contributed by atoms with van der Waals surface area (Å²) in [5.41, 5.74) is 1.12. The van der Waals surface area contributed by atoms with Gasteiger partial charge in [-0.25, -0.2) is 4.98 Å². The number of anilines is 1. The zero-order valence-corrected chi connectivity index (χ0v) is 15.9. The average molecular weight is 412 g/mol. The van der Waals surface area contributed by atoms with Crippen molar-refractivity contribution >= 4 is 73.1 Å². The first kappa shape index (κ1) is 17.9. The maximum Gasteiger partial charge on any atom is 0.257 e. The number of carbonyl (C=O) groups is 1. The Labute approximate surface area is 162 Å². The first-order valence-corrected chi connectivity index (χ1v) is 8.96. The number of fused-ring (bicyclic) bond motifs is 1. The minimum atomic E-state index is -0.356. The van der Waals surface area contributed by atoms with Crippen molar-refractivity contribution in [1.82, 2.24) is 10.3 Å². The Morgan fingerprint density at radius 2 is 2.08 bits per heavy atom. The third kappa shape index (κ3) is 4.19. The Hall–Kier alpha value is -1.93. The van der Waals surface area contributed by atoms with Crippen LogP contribution in [0.3, 0.4) is 0 Å². The molecule has 3 aromatic rings. The molecule has 0 aliphatic heterocycles. The summed E-state index contributed by atoms with van der Waals surface area (Å²) in [4.78, 5) is 16.5. The molecule has 0 aliphatic rings.